The zero-order chi connectivity index (χ0) is 21.0. The fraction of sp³-hybridized carbons (Fsp3) is 0.545. The topological polar surface area (TPSA) is 54.9 Å². The molecule has 1 aromatic carbocycles. The van der Waals surface area contributed by atoms with Crippen molar-refractivity contribution in [1.29, 1.82) is 0 Å². The third kappa shape index (κ3) is 4.90. The number of rotatable bonds is 6. The maximum Gasteiger partial charge on any atom is 0.245 e. The summed E-state index contributed by atoms with van der Waals surface area (Å²) in [6, 6.07) is 7.51. The molecular weight excluding hydrogens is 386 g/mol. The summed E-state index contributed by atoms with van der Waals surface area (Å²) in [6.07, 6.45) is 0.687. The summed E-state index contributed by atoms with van der Waals surface area (Å²) in [5, 5.41) is 2.94. The van der Waals surface area contributed by atoms with Crippen molar-refractivity contribution in [3.8, 4) is 5.75 Å². The third-order valence-corrected chi connectivity index (χ3v) is 5.96. The number of thiazole rings is 1. The van der Waals surface area contributed by atoms with E-state index in [1.54, 1.807) is 18.4 Å². The highest BCUT2D eigenvalue weighted by atomic mass is 32.1. The van der Waals surface area contributed by atoms with E-state index in [-0.39, 0.29) is 17.4 Å². The van der Waals surface area contributed by atoms with Crippen molar-refractivity contribution in [2.75, 3.05) is 38.3 Å². The van der Waals surface area contributed by atoms with Crippen molar-refractivity contribution >= 4 is 28.1 Å². The number of hydrogen-bond acceptors (Lipinski definition) is 6. The number of morpholine rings is 1. The Hall–Kier alpha value is -2.12. The number of benzene rings is 1. The standard InChI is InChI=1S/C22H31N3O3S/c1-6-18(20(26)24-11-13-28-14-12-24)25(16-7-9-17(27-5)10-8-16)21-23-19(15-29-21)22(2,3)4/h7-10,15,18H,6,11-14H2,1-5H3/t18-/m0/s1. The van der Waals surface area contributed by atoms with Crippen LogP contribution in [0.15, 0.2) is 29.6 Å². The Bertz CT molecular complexity index is 807. The monoisotopic (exact) mass is 417 g/mol. The summed E-state index contributed by atoms with van der Waals surface area (Å²) >= 11 is 1.59. The van der Waals surface area contributed by atoms with Gasteiger partial charge in [-0.1, -0.05) is 27.7 Å². The van der Waals surface area contributed by atoms with Gasteiger partial charge < -0.3 is 19.3 Å². The Balaban J connectivity index is 2.00. The van der Waals surface area contributed by atoms with Crippen molar-refractivity contribution in [2.24, 2.45) is 0 Å². The van der Waals surface area contributed by atoms with Gasteiger partial charge in [0.05, 0.1) is 26.0 Å². The smallest absolute Gasteiger partial charge is 0.245 e. The summed E-state index contributed by atoms with van der Waals surface area (Å²) in [7, 11) is 1.65. The van der Waals surface area contributed by atoms with Gasteiger partial charge in [0.2, 0.25) is 5.91 Å². The highest BCUT2D eigenvalue weighted by molar-refractivity contribution is 7.13. The van der Waals surface area contributed by atoms with Crippen LogP contribution in [-0.2, 0) is 14.9 Å². The van der Waals surface area contributed by atoms with Crippen LogP contribution in [0.1, 0.15) is 39.8 Å². The predicted octanol–water partition coefficient (Wildman–Crippen LogP) is 4.22. The molecule has 1 aromatic heterocycles. The van der Waals surface area contributed by atoms with Gasteiger partial charge in [0.1, 0.15) is 11.8 Å². The lowest BCUT2D eigenvalue weighted by Gasteiger charge is -2.35. The molecule has 3 rings (SSSR count). The summed E-state index contributed by atoms with van der Waals surface area (Å²) in [5.74, 6) is 0.912. The minimum atomic E-state index is -0.319. The molecule has 0 unspecified atom stereocenters. The summed E-state index contributed by atoms with van der Waals surface area (Å²) in [4.78, 5) is 22.3. The molecular formula is C22H31N3O3S. The van der Waals surface area contributed by atoms with Crippen molar-refractivity contribution in [1.82, 2.24) is 9.88 Å². The number of aromatic nitrogens is 1. The number of carbonyl (C=O) groups is 1. The van der Waals surface area contributed by atoms with E-state index < -0.39 is 0 Å². The number of anilines is 2. The molecule has 158 valence electrons. The van der Waals surface area contributed by atoms with Gasteiger partial charge in [-0.3, -0.25) is 4.79 Å². The number of ether oxygens (including phenoxy) is 2. The highest BCUT2D eigenvalue weighted by Crippen LogP contribution is 2.36. The molecule has 2 heterocycles. The average molecular weight is 418 g/mol. The van der Waals surface area contributed by atoms with Crippen LogP contribution in [0, 0.1) is 0 Å². The van der Waals surface area contributed by atoms with Crippen molar-refractivity contribution in [3.63, 3.8) is 0 Å². The molecule has 1 fully saturated rings. The number of nitrogens with zero attached hydrogens (tertiary/aromatic N) is 3. The quantitative estimate of drug-likeness (QED) is 0.704. The Labute approximate surface area is 177 Å². The molecule has 0 spiro atoms. The summed E-state index contributed by atoms with van der Waals surface area (Å²) in [5.41, 5.74) is 1.93. The molecule has 0 bridgehead atoms. The molecule has 1 atom stereocenters. The first kappa shape index (κ1) is 21.6. The first-order valence-corrected chi connectivity index (χ1v) is 11.0. The van der Waals surface area contributed by atoms with E-state index >= 15 is 0 Å². The lowest BCUT2D eigenvalue weighted by molar-refractivity contribution is -0.136. The molecule has 1 saturated heterocycles. The van der Waals surface area contributed by atoms with Crippen LogP contribution in [0.2, 0.25) is 0 Å². The molecule has 0 aliphatic carbocycles. The van der Waals surface area contributed by atoms with Gasteiger partial charge in [-0.15, -0.1) is 11.3 Å². The number of methoxy groups -OCH3 is 1. The Morgan fingerprint density at radius 1 is 1.28 bits per heavy atom. The van der Waals surface area contributed by atoms with Crippen LogP contribution in [-0.4, -0.2) is 55.2 Å². The normalized spacial score (nSPS) is 15.8. The molecule has 0 radical (unpaired) electrons. The second-order valence-electron chi connectivity index (χ2n) is 8.20. The maximum atomic E-state index is 13.4. The molecule has 1 amide bonds. The van der Waals surface area contributed by atoms with Crippen molar-refractivity contribution < 1.29 is 14.3 Å². The van der Waals surface area contributed by atoms with Gasteiger partial charge in [-0.25, -0.2) is 4.98 Å². The van der Waals surface area contributed by atoms with Crippen LogP contribution in [0.25, 0.3) is 0 Å². The fourth-order valence-electron chi connectivity index (χ4n) is 3.35. The molecule has 1 aliphatic rings. The number of amides is 1. The van der Waals surface area contributed by atoms with Crippen LogP contribution in [0.5, 0.6) is 5.75 Å². The van der Waals surface area contributed by atoms with E-state index in [1.807, 2.05) is 29.2 Å². The van der Waals surface area contributed by atoms with Crippen molar-refractivity contribution in [3.05, 3.63) is 35.3 Å². The van der Waals surface area contributed by atoms with E-state index in [0.29, 0.717) is 32.7 Å². The number of hydrogen-bond donors (Lipinski definition) is 0. The largest absolute Gasteiger partial charge is 0.497 e. The van der Waals surface area contributed by atoms with Gasteiger partial charge in [-0.2, -0.15) is 0 Å². The zero-order valence-electron chi connectivity index (χ0n) is 18.0. The van der Waals surface area contributed by atoms with Crippen LogP contribution in [0.4, 0.5) is 10.8 Å². The molecule has 0 N–H and O–H groups in total. The number of carbonyl (C=O) groups excluding carboxylic acids is 1. The minimum Gasteiger partial charge on any atom is -0.497 e. The first-order valence-electron chi connectivity index (χ1n) is 10.1. The summed E-state index contributed by atoms with van der Waals surface area (Å²) in [6.45, 7) is 11.0. The maximum absolute atomic E-state index is 13.4. The van der Waals surface area contributed by atoms with Gasteiger partial charge in [0.15, 0.2) is 5.13 Å². The first-order chi connectivity index (χ1) is 13.8. The van der Waals surface area contributed by atoms with Gasteiger partial charge in [0.25, 0.3) is 0 Å². The lowest BCUT2D eigenvalue weighted by atomic mass is 9.93. The van der Waals surface area contributed by atoms with Crippen molar-refractivity contribution in [2.45, 2.75) is 45.6 Å². The second kappa shape index (κ2) is 9.13. The zero-order valence-corrected chi connectivity index (χ0v) is 18.8. The van der Waals surface area contributed by atoms with E-state index in [2.05, 4.69) is 38.0 Å². The SMILES string of the molecule is CC[C@@H](C(=O)N1CCOCC1)N(c1ccc(OC)cc1)c1nc(C(C)(C)C)cs1. The van der Waals surface area contributed by atoms with Gasteiger partial charge >= 0.3 is 0 Å². The summed E-state index contributed by atoms with van der Waals surface area (Å²) < 4.78 is 10.7. The van der Waals surface area contributed by atoms with Crippen LogP contribution < -0.4 is 9.64 Å². The fourth-order valence-corrected chi connectivity index (χ4v) is 4.47. The molecule has 29 heavy (non-hydrogen) atoms. The Morgan fingerprint density at radius 2 is 1.93 bits per heavy atom. The predicted molar refractivity (Wildman–Crippen MR) is 117 cm³/mol. The molecule has 0 saturated carbocycles. The highest BCUT2D eigenvalue weighted by Gasteiger charge is 2.33. The van der Waals surface area contributed by atoms with E-state index in [1.165, 1.54) is 0 Å². The van der Waals surface area contributed by atoms with Crippen LogP contribution in [0.3, 0.4) is 0 Å². The van der Waals surface area contributed by atoms with E-state index in [9.17, 15) is 4.79 Å². The Kier molecular flexibility index (Phi) is 6.80. The van der Waals surface area contributed by atoms with Gasteiger partial charge in [-0.05, 0) is 30.7 Å². The average Bonchev–Trinajstić information content (AvgIpc) is 3.22. The minimum absolute atomic E-state index is 0.0454. The van der Waals surface area contributed by atoms with E-state index in [0.717, 1.165) is 22.3 Å². The molecule has 1 aliphatic heterocycles. The lowest BCUT2D eigenvalue weighted by Crippen LogP contribution is -2.50. The third-order valence-electron chi connectivity index (χ3n) is 5.12. The van der Waals surface area contributed by atoms with Crippen LogP contribution >= 0.6 is 11.3 Å². The molecule has 6 nitrogen and oxygen atoms in total. The molecule has 2 aromatic rings. The second-order valence-corrected chi connectivity index (χ2v) is 9.03. The Morgan fingerprint density at radius 3 is 2.45 bits per heavy atom. The molecule has 7 heteroatoms. The van der Waals surface area contributed by atoms with E-state index in [4.69, 9.17) is 14.5 Å². The van der Waals surface area contributed by atoms with Gasteiger partial charge in [0, 0.05) is 29.6 Å².